The monoisotopic (exact) mass is 273 g/mol. The number of benzene rings is 1. The zero-order chi connectivity index (χ0) is 14.1. The number of rotatable bonds is 4. The van der Waals surface area contributed by atoms with Crippen molar-refractivity contribution in [2.24, 2.45) is 7.05 Å². The van der Waals surface area contributed by atoms with Crippen LogP contribution in [0.3, 0.4) is 0 Å². The molecule has 1 saturated heterocycles. The zero-order valence-electron chi connectivity index (χ0n) is 11.5. The summed E-state index contributed by atoms with van der Waals surface area (Å²) in [5, 5.41) is 10.0. The Balaban J connectivity index is 1.78. The molecule has 3 N–H and O–H groups in total. The van der Waals surface area contributed by atoms with Crippen LogP contribution in [0.1, 0.15) is 30.9 Å². The molecule has 2 aromatic rings. The van der Waals surface area contributed by atoms with Crippen LogP contribution in [0.2, 0.25) is 0 Å². The molecule has 1 aliphatic rings. The molecule has 0 amide bonds. The average molecular weight is 273 g/mol. The summed E-state index contributed by atoms with van der Waals surface area (Å²) >= 11 is 0. The van der Waals surface area contributed by atoms with Gasteiger partial charge in [0.25, 0.3) is 0 Å². The summed E-state index contributed by atoms with van der Waals surface area (Å²) in [5.74, 6) is -0.736. The van der Waals surface area contributed by atoms with Crippen molar-refractivity contribution >= 4 is 16.9 Å². The SMILES string of the molecule is Cn1cc(C2CC(CCC(=O)O)NN2)c2ccccc21. The molecule has 5 heteroatoms. The minimum atomic E-state index is -0.736. The smallest absolute Gasteiger partial charge is 0.303 e. The molecule has 5 nitrogen and oxygen atoms in total. The number of carbonyl (C=O) groups is 1. The molecule has 1 aromatic heterocycles. The first-order chi connectivity index (χ1) is 9.65. The lowest BCUT2D eigenvalue weighted by molar-refractivity contribution is -0.137. The van der Waals surface area contributed by atoms with Crippen LogP contribution in [-0.2, 0) is 11.8 Å². The Morgan fingerprint density at radius 2 is 2.20 bits per heavy atom. The van der Waals surface area contributed by atoms with E-state index in [1.54, 1.807) is 0 Å². The van der Waals surface area contributed by atoms with Crippen LogP contribution in [0.25, 0.3) is 10.9 Å². The van der Waals surface area contributed by atoms with Crippen molar-refractivity contribution in [1.29, 1.82) is 0 Å². The van der Waals surface area contributed by atoms with E-state index in [0.29, 0.717) is 6.42 Å². The number of carboxylic acids is 1. The molecule has 2 unspecified atom stereocenters. The molecule has 2 atom stereocenters. The molecular weight excluding hydrogens is 254 g/mol. The Kier molecular flexibility index (Phi) is 3.46. The summed E-state index contributed by atoms with van der Waals surface area (Å²) in [6.45, 7) is 0. The second-order valence-electron chi connectivity index (χ2n) is 5.42. The molecule has 3 rings (SSSR count). The van der Waals surface area contributed by atoms with E-state index in [9.17, 15) is 4.79 Å². The fraction of sp³-hybridized carbons (Fsp3) is 0.400. The molecule has 1 aromatic carbocycles. The zero-order valence-corrected chi connectivity index (χ0v) is 11.5. The van der Waals surface area contributed by atoms with Crippen molar-refractivity contribution in [1.82, 2.24) is 15.4 Å². The summed E-state index contributed by atoms with van der Waals surface area (Å²) in [5.41, 5.74) is 9.00. The Hall–Kier alpha value is -1.85. The highest BCUT2D eigenvalue weighted by Crippen LogP contribution is 2.31. The lowest BCUT2D eigenvalue weighted by Gasteiger charge is -2.08. The van der Waals surface area contributed by atoms with Gasteiger partial charge in [0.15, 0.2) is 0 Å². The number of para-hydroxylation sites is 1. The Morgan fingerprint density at radius 1 is 1.40 bits per heavy atom. The summed E-state index contributed by atoms with van der Waals surface area (Å²) in [6.07, 6.45) is 3.94. The van der Waals surface area contributed by atoms with E-state index in [-0.39, 0.29) is 18.5 Å². The minimum Gasteiger partial charge on any atom is -0.481 e. The number of nitrogens with zero attached hydrogens (tertiary/aromatic N) is 1. The predicted octanol–water partition coefficient (Wildman–Crippen LogP) is 1.95. The second-order valence-corrected chi connectivity index (χ2v) is 5.42. The molecule has 0 radical (unpaired) electrons. The maximum Gasteiger partial charge on any atom is 0.303 e. The van der Waals surface area contributed by atoms with Crippen LogP contribution in [0.4, 0.5) is 0 Å². The van der Waals surface area contributed by atoms with Gasteiger partial charge < -0.3 is 9.67 Å². The van der Waals surface area contributed by atoms with E-state index in [4.69, 9.17) is 5.11 Å². The number of aryl methyl sites for hydroxylation is 1. The molecule has 0 bridgehead atoms. The number of carboxylic acid groups (broad SMARTS) is 1. The molecular formula is C15H19N3O2. The molecule has 106 valence electrons. The van der Waals surface area contributed by atoms with E-state index in [1.165, 1.54) is 16.5 Å². The van der Waals surface area contributed by atoms with Gasteiger partial charge >= 0.3 is 5.97 Å². The van der Waals surface area contributed by atoms with Crippen molar-refractivity contribution < 1.29 is 9.90 Å². The lowest BCUT2D eigenvalue weighted by Crippen LogP contribution is -2.31. The third kappa shape index (κ3) is 2.42. The summed E-state index contributed by atoms with van der Waals surface area (Å²) in [7, 11) is 2.05. The fourth-order valence-corrected chi connectivity index (χ4v) is 2.96. The molecule has 1 aliphatic heterocycles. The van der Waals surface area contributed by atoms with Crippen molar-refractivity contribution in [2.75, 3.05) is 0 Å². The van der Waals surface area contributed by atoms with E-state index in [0.717, 1.165) is 6.42 Å². The Bertz CT molecular complexity index is 635. The average Bonchev–Trinajstić information content (AvgIpc) is 3.02. The van der Waals surface area contributed by atoms with Gasteiger partial charge in [-0.3, -0.25) is 10.2 Å². The number of fused-ring (bicyclic) bond motifs is 1. The third-order valence-electron chi connectivity index (χ3n) is 3.99. The molecule has 20 heavy (non-hydrogen) atoms. The fourth-order valence-electron chi connectivity index (χ4n) is 2.96. The van der Waals surface area contributed by atoms with Crippen LogP contribution in [0.5, 0.6) is 0 Å². The highest BCUT2D eigenvalue weighted by molar-refractivity contribution is 5.84. The first-order valence-corrected chi connectivity index (χ1v) is 6.92. The number of hydrogen-bond donors (Lipinski definition) is 3. The van der Waals surface area contributed by atoms with Gasteiger partial charge in [-0.05, 0) is 24.5 Å². The Morgan fingerprint density at radius 3 is 3.00 bits per heavy atom. The van der Waals surface area contributed by atoms with Gasteiger partial charge in [0, 0.05) is 42.7 Å². The normalized spacial score (nSPS) is 22.4. The van der Waals surface area contributed by atoms with Gasteiger partial charge in [0.2, 0.25) is 0 Å². The van der Waals surface area contributed by atoms with Crippen LogP contribution >= 0.6 is 0 Å². The largest absolute Gasteiger partial charge is 0.481 e. The highest BCUT2D eigenvalue weighted by Gasteiger charge is 2.27. The topological polar surface area (TPSA) is 66.3 Å². The van der Waals surface area contributed by atoms with Gasteiger partial charge in [0.05, 0.1) is 0 Å². The molecule has 0 saturated carbocycles. The first-order valence-electron chi connectivity index (χ1n) is 6.92. The second kappa shape index (κ2) is 5.26. The van der Waals surface area contributed by atoms with Gasteiger partial charge in [-0.25, -0.2) is 5.43 Å². The van der Waals surface area contributed by atoms with Crippen LogP contribution in [-0.4, -0.2) is 21.7 Å². The van der Waals surface area contributed by atoms with Crippen molar-refractivity contribution in [3.8, 4) is 0 Å². The molecule has 0 aliphatic carbocycles. The maximum absolute atomic E-state index is 10.6. The van der Waals surface area contributed by atoms with Crippen LogP contribution in [0, 0.1) is 0 Å². The summed E-state index contributed by atoms with van der Waals surface area (Å²) in [4.78, 5) is 10.6. The standard InChI is InChI=1S/C15H19N3O2/c1-18-9-12(11-4-2-3-5-14(11)18)13-8-10(16-17-13)6-7-15(19)20/h2-5,9-10,13,16-17H,6-8H2,1H3,(H,19,20). The lowest BCUT2D eigenvalue weighted by atomic mass is 9.99. The summed E-state index contributed by atoms with van der Waals surface area (Å²) < 4.78 is 2.14. The predicted molar refractivity (Wildman–Crippen MR) is 77.2 cm³/mol. The van der Waals surface area contributed by atoms with Gasteiger partial charge in [-0.2, -0.15) is 0 Å². The molecule has 0 spiro atoms. The molecule has 2 heterocycles. The minimum absolute atomic E-state index is 0.210. The van der Waals surface area contributed by atoms with E-state index < -0.39 is 5.97 Å². The molecule has 1 fully saturated rings. The van der Waals surface area contributed by atoms with E-state index in [1.807, 2.05) is 6.07 Å². The van der Waals surface area contributed by atoms with Gasteiger partial charge in [-0.1, -0.05) is 18.2 Å². The Labute approximate surface area is 117 Å². The number of nitrogens with one attached hydrogen (secondary N) is 2. The van der Waals surface area contributed by atoms with Crippen molar-refractivity contribution in [2.45, 2.75) is 31.3 Å². The quantitative estimate of drug-likeness (QED) is 0.796. The van der Waals surface area contributed by atoms with Crippen molar-refractivity contribution in [3.63, 3.8) is 0 Å². The highest BCUT2D eigenvalue weighted by atomic mass is 16.4. The number of aromatic nitrogens is 1. The number of hydrogen-bond acceptors (Lipinski definition) is 3. The third-order valence-corrected chi connectivity index (χ3v) is 3.99. The van der Waals surface area contributed by atoms with Crippen molar-refractivity contribution in [3.05, 3.63) is 36.0 Å². The number of aliphatic carboxylic acids is 1. The maximum atomic E-state index is 10.6. The van der Waals surface area contributed by atoms with E-state index in [2.05, 4.69) is 46.9 Å². The van der Waals surface area contributed by atoms with E-state index >= 15 is 0 Å². The van der Waals surface area contributed by atoms with Gasteiger partial charge in [-0.15, -0.1) is 0 Å². The van der Waals surface area contributed by atoms with Crippen LogP contribution in [0.15, 0.2) is 30.5 Å². The van der Waals surface area contributed by atoms with Gasteiger partial charge in [0.1, 0.15) is 0 Å². The number of hydrazine groups is 1. The van der Waals surface area contributed by atoms with Crippen LogP contribution < -0.4 is 10.9 Å². The summed E-state index contributed by atoms with van der Waals surface area (Å²) in [6, 6.07) is 8.80. The first kappa shape index (κ1) is 13.1.